The van der Waals surface area contributed by atoms with Gasteiger partial charge in [-0.25, -0.2) is 9.48 Å². The number of carbonyl (C=O) groups excluding carboxylic acids is 1. The maximum absolute atomic E-state index is 12.6. The standard InChI is InChI=1S/C26H26N6O3/c1-15-21(14-28-32(15)20-5-3-2-4-6-20)17-9-7-16(8-10-17)18-11-12-19(13-18)29-25(34)23-22(27)24(33)31-26(35)30-23/h2-10,14,18-19H,11-13,27H2,1H3,(H,29,34)(H2,30,31,33,35)/t18-,19+/m0/s1. The number of H-pyrrole nitrogens is 2. The van der Waals surface area contributed by atoms with Crippen LogP contribution in [0.2, 0.25) is 0 Å². The van der Waals surface area contributed by atoms with Crippen molar-refractivity contribution in [2.75, 3.05) is 5.73 Å². The van der Waals surface area contributed by atoms with Crippen molar-refractivity contribution in [3.8, 4) is 16.8 Å². The predicted octanol–water partition coefficient (Wildman–Crippen LogP) is 2.87. The predicted molar refractivity (Wildman–Crippen MR) is 134 cm³/mol. The molecule has 2 aromatic carbocycles. The van der Waals surface area contributed by atoms with Crippen LogP contribution in [0.3, 0.4) is 0 Å². The van der Waals surface area contributed by atoms with E-state index in [1.807, 2.05) is 46.2 Å². The number of nitrogens with two attached hydrogens (primary N) is 1. The fraction of sp³-hybridized carbons (Fsp3) is 0.231. The lowest BCUT2D eigenvalue weighted by molar-refractivity contribution is 0.0933. The number of nitrogens with one attached hydrogen (secondary N) is 3. The van der Waals surface area contributed by atoms with Crippen molar-refractivity contribution in [2.45, 2.75) is 38.1 Å². The second kappa shape index (κ2) is 9.09. The zero-order valence-electron chi connectivity index (χ0n) is 19.2. The van der Waals surface area contributed by atoms with E-state index >= 15 is 0 Å². The molecule has 0 spiro atoms. The van der Waals surface area contributed by atoms with Crippen LogP contribution in [0.5, 0.6) is 0 Å². The van der Waals surface area contributed by atoms with E-state index in [1.165, 1.54) is 5.56 Å². The Morgan fingerprint density at radius 3 is 2.54 bits per heavy atom. The summed E-state index contributed by atoms with van der Waals surface area (Å²) in [6, 6.07) is 18.5. The minimum Gasteiger partial charge on any atom is -0.392 e. The van der Waals surface area contributed by atoms with E-state index in [4.69, 9.17) is 5.73 Å². The number of rotatable bonds is 5. The third kappa shape index (κ3) is 4.40. The van der Waals surface area contributed by atoms with E-state index < -0.39 is 17.2 Å². The highest BCUT2D eigenvalue weighted by molar-refractivity contribution is 5.97. The molecule has 5 rings (SSSR count). The molecule has 1 saturated carbocycles. The van der Waals surface area contributed by atoms with Crippen molar-refractivity contribution >= 4 is 11.6 Å². The van der Waals surface area contributed by atoms with Crippen LogP contribution in [-0.2, 0) is 0 Å². The van der Waals surface area contributed by atoms with E-state index in [0.717, 1.165) is 41.8 Å². The number of anilines is 1. The molecule has 2 aromatic heterocycles. The molecule has 1 aliphatic rings. The van der Waals surface area contributed by atoms with Gasteiger partial charge in [0.1, 0.15) is 11.4 Å². The summed E-state index contributed by atoms with van der Waals surface area (Å²) in [4.78, 5) is 40.1. The first-order valence-electron chi connectivity index (χ1n) is 11.5. The van der Waals surface area contributed by atoms with Crippen molar-refractivity contribution in [3.63, 3.8) is 0 Å². The molecular weight excluding hydrogens is 444 g/mol. The molecule has 0 bridgehead atoms. The lowest BCUT2D eigenvalue weighted by Gasteiger charge is -2.14. The Balaban J connectivity index is 1.27. The Kier molecular flexibility index (Phi) is 5.82. The molecule has 2 heterocycles. The van der Waals surface area contributed by atoms with Gasteiger partial charge in [0.15, 0.2) is 0 Å². The van der Waals surface area contributed by atoms with Gasteiger partial charge in [0, 0.05) is 17.3 Å². The lowest BCUT2D eigenvalue weighted by Crippen LogP contribution is -2.37. The van der Waals surface area contributed by atoms with E-state index in [1.54, 1.807) is 0 Å². The minimum atomic E-state index is -0.771. The number of carbonyl (C=O) groups is 1. The summed E-state index contributed by atoms with van der Waals surface area (Å²) in [6.07, 6.45) is 4.39. The Labute approximate surface area is 201 Å². The monoisotopic (exact) mass is 470 g/mol. The molecule has 9 heteroatoms. The number of aromatic amines is 2. The second-order valence-electron chi connectivity index (χ2n) is 8.89. The molecule has 5 N–H and O–H groups in total. The molecule has 0 saturated heterocycles. The Bertz CT molecular complexity index is 1480. The van der Waals surface area contributed by atoms with E-state index in [9.17, 15) is 14.4 Å². The van der Waals surface area contributed by atoms with Gasteiger partial charge in [-0.1, -0.05) is 42.5 Å². The van der Waals surface area contributed by atoms with Crippen LogP contribution in [-0.4, -0.2) is 31.7 Å². The highest BCUT2D eigenvalue weighted by Crippen LogP contribution is 2.36. The Morgan fingerprint density at radius 2 is 1.80 bits per heavy atom. The highest BCUT2D eigenvalue weighted by atomic mass is 16.2. The van der Waals surface area contributed by atoms with Crippen molar-refractivity contribution in [1.29, 1.82) is 0 Å². The number of amides is 1. The van der Waals surface area contributed by atoms with Gasteiger partial charge >= 0.3 is 5.69 Å². The van der Waals surface area contributed by atoms with Gasteiger partial charge in [-0.05, 0) is 55.4 Å². The molecule has 1 aliphatic carbocycles. The first-order chi connectivity index (χ1) is 16.9. The molecule has 0 radical (unpaired) electrons. The summed E-state index contributed by atoms with van der Waals surface area (Å²) in [5, 5.41) is 7.47. The Hall–Kier alpha value is -4.40. The van der Waals surface area contributed by atoms with Gasteiger partial charge in [0.05, 0.1) is 11.9 Å². The number of hydrogen-bond acceptors (Lipinski definition) is 5. The van der Waals surface area contributed by atoms with Crippen LogP contribution >= 0.6 is 0 Å². The minimum absolute atomic E-state index is 0.0688. The summed E-state index contributed by atoms with van der Waals surface area (Å²) >= 11 is 0. The normalized spacial score (nSPS) is 17.4. The third-order valence-electron chi connectivity index (χ3n) is 6.68. The second-order valence-corrected chi connectivity index (χ2v) is 8.89. The number of aromatic nitrogens is 4. The van der Waals surface area contributed by atoms with Gasteiger partial charge in [-0.2, -0.15) is 5.10 Å². The van der Waals surface area contributed by atoms with Crippen LogP contribution in [0.15, 0.2) is 70.4 Å². The van der Waals surface area contributed by atoms with Crippen LogP contribution in [0.1, 0.15) is 46.9 Å². The molecular formula is C26H26N6O3. The van der Waals surface area contributed by atoms with Gasteiger partial charge in [-0.15, -0.1) is 0 Å². The molecule has 2 atom stereocenters. The van der Waals surface area contributed by atoms with Crippen molar-refractivity contribution in [2.24, 2.45) is 0 Å². The van der Waals surface area contributed by atoms with Crippen LogP contribution in [0.4, 0.5) is 5.69 Å². The highest BCUT2D eigenvalue weighted by Gasteiger charge is 2.28. The van der Waals surface area contributed by atoms with Crippen molar-refractivity contribution < 1.29 is 4.79 Å². The van der Waals surface area contributed by atoms with Crippen molar-refractivity contribution in [3.05, 3.63) is 98.6 Å². The quantitative estimate of drug-likeness (QED) is 0.355. The number of benzene rings is 2. The number of para-hydroxylation sites is 1. The molecule has 1 fully saturated rings. The zero-order chi connectivity index (χ0) is 24.5. The summed E-state index contributed by atoms with van der Waals surface area (Å²) < 4.78 is 1.94. The molecule has 9 nitrogen and oxygen atoms in total. The first-order valence-corrected chi connectivity index (χ1v) is 11.5. The van der Waals surface area contributed by atoms with Gasteiger partial charge in [0.2, 0.25) is 0 Å². The summed E-state index contributed by atoms with van der Waals surface area (Å²) in [5.74, 6) is -0.240. The summed E-state index contributed by atoms with van der Waals surface area (Å²) in [7, 11) is 0. The number of nitrogen functional groups attached to an aromatic ring is 1. The average molecular weight is 471 g/mol. The Morgan fingerprint density at radius 1 is 1.06 bits per heavy atom. The smallest absolute Gasteiger partial charge is 0.326 e. The summed E-state index contributed by atoms with van der Waals surface area (Å²) in [5.41, 5.74) is 9.15. The molecule has 35 heavy (non-hydrogen) atoms. The molecule has 4 aromatic rings. The topological polar surface area (TPSA) is 139 Å². The fourth-order valence-electron chi connectivity index (χ4n) is 4.81. The molecule has 178 valence electrons. The average Bonchev–Trinajstić information content (AvgIpc) is 3.48. The van der Waals surface area contributed by atoms with Crippen LogP contribution in [0.25, 0.3) is 16.8 Å². The van der Waals surface area contributed by atoms with Crippen LogP contribution in [0, 0.1) is 6.92 Å². The molecule has 0 unspecified atom stereocenters. The first kappa shape index (κ1) is 22.4. The van der Waals surface area contributed by atoms with Gasteiger partial charge in [-0.3, -0.25) is 14.6 Å². The van der Waals surface area contributed by atoms with E-state index in [-0.39, 0.29) is 17.4 Å². The third-order valence-corrected chi connectivity index (χ3v) is 6.68. The fourth-order valence-corrected chi connectivity index (χ4v) is 4.81. The van der Waals surface area contributed by atoms with E-state index in [0.29, 0.717) is 5.92 Å². The maximum atomic E-state index is 12.6. The number of hydrogen-bond donors (Lipinski definition) is 4. The van der Waals surface area contributed by atoms with Crippen molar-refractivity contribution in [1.82, 2.24) is 25.1 Å². The zero-order valence-corrected chi connectivity index (χ0v) is 19.2. The van der Waals surface area contributed by atoms with Gasteiger partial charge < -0.3 is 16.0 Å². The summed E-state index contributed by atoms with van der Waals surface area (Å²) in [6.45, 7) is 2.06. The number of nitrogens with zero attached hydrogens (tertiary/aromatic N) is 2. The van der Waals surface area contributed by atoms with E-state index in [2.05, 4.69) is 46.6 Å². The SMILES string of the molecule is Cc1c(-c2ccc([C@H]3CC[C@@H](NC(=O)c4[nH]c(=O)[nH]c(=O)c4N)C3)cc2)cnn1-c1ccccc1. The molecule has 0 aliphatic heterocycles. The largest absolute Gasteiger partial charge is 0.392 e. The molecule has 1 amide bonds. The maximum Gasteiger partial charge on any atom is 0.326 e. The van der Waals surface area contributed by atoms with Gasteiger partial charge in [0.25, 0.3) is 11.5 Å². The van der Waals surface area contributed by atoms with Crippen LogP contribution < -0.4 is 22.3 Å². The lowest BCUT2D eigenvalue weighted by atomic mass is 9.95.